The van der Waals surface area contributed by atoms with Gasteiger partial charge in [-0.25, -0.2) is 4.90 Å². The Morgan fingerprint density at radius 3 is 1.72 bits per heavy atom. The summed E-state index contributed by atoms with van der Waals surface area (Å²) in [6, 6.07) is 23.1. The quantitative estimate of drug-likeness (QED) is 0.211. The van der Waals surface area contributed by atoms with E-state index in [2.05, 4.69) is 24.3 Å². The molecular formula is C30H24N2O4. The van der Waals surface area contributed by atoms with Crippen LogP contribution in [0.15, 0.2) is 90.5 Å². The second kappa shape index (κ2) is 8.12. The molecule has 1 heterocycles. The molecule has 1 aliphatic heterocycles. The van der Waals surface area contributed by atoms with Crippen LogP contribution in [0.3, 0.4) is 0 Å². The maximum absolute atomic E-state index is 13.8. The van der Waals surface area contributed by atoms with Crippen LogP contribution in [0.4, 0.5) is 11.4 Å². The Morgan fingerprint density at radius 2 is 1.25 bits per heavy atom. The first kappa shape index (κ1) is 22.2. The van der Waals surface area contributed by atoms with E-state index in [-0.39, 0.29) is 35.0 Å². The molecule has 1 saturated carbocycles. The van der Waals surface area contributed by atoms with Gasteiger partial charge in [0.05, 0.1) is 16.8 Å². The number of nitro benzene ring substituents is 1. The summed E-state index contributed by atoms with van der Waals surface area (Å²) in [5.74, 6) is -2.31. The molecule has 6 heteroatoms. The summed E-state index contributed by atoms with van der Waals surface area (Å²) in [5, 5.41) is 11.8. The molecule has 3 aromatic rings. The lowest BCUT2D eigenvalue weighted by molar-refractivity contribution is -0.384. The molecule has 1 saturated heterocycles. The van der Waals surface area contributed by atoms with Crippen molar-refractivity contribution in [2.24, 2.45) is 23.7 Å². The molecule has 36 heavy (non-hydrogen) atoms. The van der Waals surface area contributed by atoms with Gasteiger partial charge in [-0.1, -0.05) is 72.8 Å². The molecule has 178 valence electrons. The molecular weight excluding hydrogens is 452 g/mol. The number of hydrogen-bond acceptors (Lipinski definition) is 4. The number of imide groups is 1. The van der Waals surface area contributed by atoms with Crippen LogP contribution < -0.4 is 4.90 Å². The third kappa shape index (κ3) is 3.10. The number of rotatable bonds is 4. The molecule has 6 nitrogen and oxygen atoms in total. The largest absolute Gasteiger partial charge is 0.293 e. The van der Waals surface area contributed by atoms with Crippen LogP contribution in [0, 0.1) is 47.6 Å². The molecule has 0 unspecified atom stereocenters. The lowest BCUT2D eigenvalue weighted by atomic mass is 9.85. The molecule has 0 radical (unpaired) electrons. The molecule has 6 rings (SSSR count). The number of carbonyl (C=O) groups excluding carboxylic acids is 2. The van der Waals surface area contributed by atoms with Gasteiger partial charge in [0.1, 0.15) is 5.69 Å². The summed E-state index contributed by atoms with van der Waals surface area (Å²) in [6.07, 6.45) is 4.08. The van der Waals surface area contributed by atoms with Gasteiger partial charge in [0, 0.05) is 17.9 Å². The molecule has 0 spiro atoms. The topological polar surface area (TPSA) is 80.5 Å². The lowest BCUT2D eigenvalue weighted by Gasteiger charge is -2.22. The van der Waals surface area contributed by atoms with Crippen LogP contribution in [-0.2, 0) is 9.59 Å². The lowest BCUT2D eigenvalue weighted by Crippen LogP contribution is -2.34. The zero-order chi connectivity index (χ0) is 25.1. The van der Waals surface area contributed by atoms with Gasteiger partial charge in [-0.2, -0.15) is 0 Å². The summed E-state index contributed by atoms with van der Waals surface area (Å²) < 4.78 is 0. The van der Waals surface area contributed by atoms with Gasteiger partial charge in [-0.05, 0) is 53.3 Å². The molecule has 3 aliphatic rings. The minimum Gasteiger partial charge on any atom is -0.274 e. The van der Waals surface area contributed by atoms with Gasteiger partial charge in [0.2, 0.25) is 11.8 Å². The second-order valence-corrected chi connectivity index (χ2v) is 9.74. The highest BCUT2D eigenvalue weighted by Gasteiger charge is 2.63. The van der Waals surface area contributed by atoms with Crippen molar-refractivity contribution in [1.82, 2.24) is 0 Å². The van der Waals surface area contributed by atoms with E-state index in [4.69, 9.17) is 0 Å². The van der Waals surface area contributed by atoms with Gasteiger partial charge >= 0.3 is 0 Å². The zero-order valence-corrected chi connectivity index (χ0v) is 19.9. The zero-order valence-electron chi connectivity index (χ0n) is 19.9. The molecule has 2 bridgehead atoms. The Labute approximate surface area is 208 Å². The monoisotopic (exact) mass is 476 g/mol. The average molecular weight is 477 g/mol. The number of fused-ring (bicyclic) bond motifs is 5. The van der Waals surface area contributed by atoms with Gasteiger partial charge in [0.15, 0.2) is 0 Å². The fraction of sp³-hybridized carbons (Fsp3) is 0.200. The van der Waals surface area contributed by atoms with E-state index in [0.29, 0.717) is 0 Å². The van der Waals surface area contributed by atoms with Crippen LogP contribution in [0.2, 0.25) is 0 Å². The van der Waals surface area contributed by atoms with Crippen molar-refractivity contribution in [1.29, 1.82) is 0 Å². The number of aryl methyl sites for hydroxylation is 2. The number of anilines is 1. The predicted octanol–water partition coefficient (Wildman–Crippen LogP) is 5.64. The maximum Gasteiger partial charge on any atom is 0.293 e. The van der Waals surface area contributed by atoms with Crippen LogP contribution in [-0.4, -0.2) is 16.7 Å². The number of allylic oxidation sites excluding steroid dienone is 3. The van der Waals surface area contributed by atoms with Crippen molar-refractivity contribution < 1.29 is 14.5 Å². The number of carbonyl (C=O) groups is 2. The summed E-state index contributed by atoms with van der Waals surface area (Å²) in [4.78, 5) is 40.0. The van der Waals surface area contributed by atoms with Crippen LogP contribution >= 0.6 is 0 Å². The third-order valence-electron chi connectivity index (χ3n) is 7.86. The van der Waals surface area contributed by atoms with Gasteiger partial charge in [-0.15, -0.1) is 0 Å². The normalized spacial score (nSPS) is 23.9. The molecule has 0 aromatic heterocycles. The number of nitro groups is 1. The molecule has 2 amide bonds. The molecule has 2 aliphatic carbocycles. The first-order valence-electron chi connectivity index (χ1n) is 12.0. The highest BCUT2D eigenvalue weighted by Crippen LogP contribution is 2.59. The highest BCUT2D eigenvalue weighted by molar-refractivity contribution is 6.24. The number of amides is 2. The minimum absolute atomic E-state index is 0.0729. The van der Waals surface area contributed by atoms with Crippen molar-refractivity contribution in [2.45, 2.75) is 13.8 Å². The van der Waals surface area contributed by atoms with E-state index in [0.717, 1.165) is 38.3 Å². The predicted molar refractivity (Wildman–Crippen MR) is 137 cm³/mol. The second-order valence-electron chi connectivity index (χ2n) is 9.74. The van der Waals surface area contributed by atoms with E-state index in [1.165, 1.54) is 6.07 Å². The first-order chi connectivity index (χ1) is 17.4. The molecule has 4 atom stereocenters. The van der Waals surface area contributed by atoms with E-state index in [1.807, 2.05) is 55.5 Å². The third-order valence-corrected chi connectivity index (χ3v) is 7.86. The standard InChI is InChI=1S/C30H24N2O4/c1-17-15-23(24(32(35)36)16-18(17)2)31-29(33)27-21-13-14-22(28(27)30(31)34)26(21)25(19-9-5-3-6-10-19)20-11-7-4-8-12-20/h3-16,21-22,27-28H,1-2H3/t21-,22-,27-,28+/m1/s1. The van der Waals surface area contributed by atoms with E-state index in [9.17, 15) is 19.7 Å². The Bertz CT molecular complexity index is 1410. The maximum atomic E-state index is 13.8. The summed E-state index contributed by atoms with van der Waals surface area (Å²) in [7, 11) is 0. The van der Waals surface area contributed by atoms with Crippen molar-refractivity contribution in [3.05, 3.63) is 123 Å². The van der Waals surface area contributed by atoms with E-state index in [1.54, 1.807) is 13.0 Å². The summed E-state index contributed by atoms with van der Waals surface area (Å²) in [6.45, 7) is 3.61. The number of benzene rings is 3. The first-order valence-corrected chi connectivity index (χ1v) is 12.0. The Kier molecular flexibility index (Phi) is 5.00. The van der Waals surface area contributed by atoms with Crippen LogP contribution in [0.1, 0.15) is 22.3 Å². The van der Waals surface area contributed by atoms with Gasteiger partial charge in [-0.3, -0.25) is 19.7 Å². The average Bonchev–Trinajstić information content (AvgIpc) is 3.51. The highest BCUT2D eigenvalue weighted by atomic mass is 16.6. The van der Waals surface area contributed by atoms with Crippen molar-refractivity contribution in [3.63, 3.8) is 0 Å². The SMILES string of the molecule is Cc1cc(N2C(=O)[C@@H]3[C@H](C2=O)[C@@H]2C=C[C@@H]3C2=C(c2ccccc2)c2ccccc2)c([N+](=O)[O-])cc1C. The summed E-state index contributed by atoms with van der Waals surface area (Å²) in [5.41, 5.74) is 5.61. The van der Waals surface area contributed by atoms with Gasteiger partial charge in [0.25, 0.3) is 5.69 Å². The van der Waals surface area contributed by atoms with Crippen molar-refractivity contribution >= 4 is 28.8 Å². The number of nitrogens with zero attached hydrogens (tertiary/aromatic N) is 2. The van der Waals surface area contributed by atoms with E-state index >= 15 is 0 Å². The summed E-state index contributed by atoms with van der Waals surface area (Å²) >= 11 is 0. The molecule has 3 aromatic carbocycles. The Balaban J connectivity index is 1.49. The van der Waals surface area contributed by atoms with Crippen LogP contribution in [0.5, 0.6) is 0 Å². The van der Waals surface area contributed by atoms with Crippen molar-refractivity contribution in [2.75, 3.05) is 4.90 Å². The number of hydrogen-bond donors (Lipinski definition) is 0. The molecule has 0 N–H and O–H groups in total. The Hall–Kier alpha value is -4.32. The van der Waals surface area contributed by atoms with E-state index < -0.39 is 16.8 Å². The fourth-order valence-electron chi connectivity index (χ4n) is 6.15. The van der Waals surface area contributed by atoms with Crippen molar-refractivity contribution in [3.8, 4) is 0 Å². The fourth-order valence-corrected chi connectivity index (χ4v) is 6.15. The van der Waals surface area contributed by atoms with Gasteiger partial charge < -0.3 is 0 Å². The van der Waals surface area contributed by atoms with Crippen LogP contribution in [0.25, 0.3) is 5.57 Å². The smallest absolute Gasteiger partial charge is 0.274 e. The Morgan fingerprint density at radius 1 is 0.778 bits per heavy atom. The minimum atomic E-state index is -0.564. The molecule has 2 fully saturated rings.